The Balaban J connectivity index is 1.64. The van der Waals surface area contributed by atoms with Gasteiger partial charge in [0.25, 0.3) is 5.56 Å². The first kappa shape index (κ1) is 23.9. The van der Waals surface area contributed by atoms with Crippen LogP contribution in [0, 0.1) is 6.92 Å². The predicted octanol–water partition coefficient (Wildman–Crippen LogP) is 4.23. The summed E-state index contributed by atoms with van der Waals surface area (Å²) < 4.78 is 32.7. The summed E-state index contributed by atoms with van der Waals surface area (Å²) in [6.07, 6.45) is 3.58. The van der Waals surface area contributed by atoms with Gasteiger partial charge in [0.15, 0.2) is 0 Å². The molecular formula is C25H29N4O4S+. The van der Waals surface area contributed by atoms with Crippen LogP contribution in [0.3, 0.4) is 0 Å². The number of para-hydroxylation sites is 1. The van der Waals surface area contributed by atoms with E-state index in [1.54, 1.807) is 18.3 Å². The topological polar surface area (TPSA) is 93.5 Å². The number of nitrogens with zero attached hydrogens (tertiary/aromatic N) is 3. The highest BCUT2D eigenvalue weighted by atomic mass is 32.2. The van der Waals surface area contributed by atoms with E-state index in [0.717, 1.165) is 16.8 Å². The third kappa shape index (κ3) is 4.29. The van der Waals surface area contributed by atoms with E-state index < -0.39 is 10.1 Å². The molecule has 1 aromatic heterocycles. The van der Waals surface area contributed by atoms with Crippen molar-refractivity contribution < 1.29 is 17.3 Å². The number of allylic oxidation sites excluding steroid dienone is 1. The Morgan fingerprint density at radius 2 is 1.68 bits per heavy atom. The van der Waals surface area contributed by atoms with Crippen LogP contribution in [-0.4, -0.2) is 48.7 Å². The fourth-order valence-corrected chi connectivity index (χ4v) is 5.35. The lowest BCUT2D eigenvalue weighted by atomic mass is 10.0. The second-order valence-corrected chi connectivity index (χ2v) is 9.72. The van der Waals surface area contributed by atoms with Gasteiger partial charge in [0.2, 0.25) is 0 Å². The zero-order valence-corrected chi connectivity index (χ0v) is 20.6. The second kappa shape index (κ2) is 9.17. The molecule has 0 radical (unpaired) electrons. The lowest BCUT2D eigenvalue weighted by Gasteiger charge is -2.30. The summed E-state index contributed by atoms with van der Waals surface area (Å²) in [5, 5.41) is 3.08. The lowest BCUT2D eigenvalue weighted by Crippen LogP contribution is -2.48. The fraction of sp³-hybridized carbons (Fsp3) is 0.280. The minimum Gasteiger partial charge on any atom is -0.295 e. The lowest BCUT2D eigenvalue weighted by molar-refractivity contribution is -1.08. The second-order valence-electron chi connectivity index (χ2n) is 8.20. The zero-order chi connectivity index (χ0) is 24.5. The molecule has 9 heteroatoms. The van der Waals surface area contributed by atoms with Gasteiger partial charge < -0.3 is 0 Å². The van der Waals surface area contributed by atoms with Gasteiger partial charge in [0.1, 0.15) is 19.6 Å². The highest BCUT2D eigenvalue weighted by Crippen LogP contribution is 2.32. The van der Waals surface area contributed by atoms with E-state index in [1.165, 1.54) is 16.8 Å². The summed E-state index contributed by atoms with van der Waals surface area (Å²) in [5.74, 6) is 0. The molecule has 1 aliphatic rings. The van der Waals surface area contributed by atoms with Crippen LogP contribution in [0.2, 0.25) is 0 Å². The fourth-order valence-electron chi connectivity index (χ4n) is 4.06. The summed E-state index contributed by atoms with van der Waals surface area (Å²) in [4.78, 5) is 17.6. The molecule has 178 valence electrons. The number of quaternary nitrogens is 1. The van der Waals surface area contributed by atoms with Crippen LogP contribution in [0.25, 0.3) is 17.3 Å². The molecule has 4 rings (SSSR count). The SMILES string of the molecule is CC[N+](CC)(CC)OS(=O)(=O)c1ccc(-n2[nH]c(C)c(C=C3C=Nc4ccccc43)c2=O)cc1. The number of fused-ring (bicyclic) bond motifs is 1. The summed E-state index contributed by atoms with van der Waals surface area (Å²) in [6, 6.07) is 13.9. The molecule has 2 aromatic carbocycles. The molecule has 0 aliphatic carbocycles. The quantitative estimate of drug-likeness (QED) is 0.385. The zero-order valence-electron chi connectivity index (χ0n) is 19.8. The van der Waals surface area contributed by atoms with Gasteiger partial charge in [0.05, 0.1) is 21.8 Å². The van der Waals surface area contributed by atoms with Crippen molar-refractivity contribution in [3.05, 3.63) is 75.7 Å². The molecule has 0 atom stereocenters. The number of hydroxylamine groups is 3. The van der Waals surface area contributed by atoms with Crippen molar-refractivity contribution in [2.75, 3.05) is 19.6 Å². The van der Waals surface area contributed by atoms with E-state index in [-0.39, 0.29) is 15.1 Å². The van der Waals surface area contributed by atoms with Crippen molar-refractivity contribution in [1.82, 2.24) is 9.78 Å². The van der Waals surface area contributed by atoms with Crippen molar-refractivity contribution in [3.8, 4) is 5.69 Å². The van der Waals surface area contributed by atoms with Crippen molar-refractivity contribution in [2.24, 2.45) is 4.99 Å². The Hall–Kier alpha value is -3.27. The first-order chi connectivity index (χ1) is 16.2. The standard InChI is InChI=1S/C25H28N4O4S/c1-5-29(6-2,7-3)33-34(31,32)21-14-12-20(13-15-21)28-25(30)23(18(4)27-28)16-19-17-26-24-11-9-8-10-22(19)24/h8-17H,5-7H2,1-4H3/p+1. The molecule has 34 heavy (non-hydrogen) atoms. The molecule has 3 aromatic rings. The highest BCUT2D eigenvalue weighted by Gasteiger charge is 2.32. The smallest absolute Gasteiger partial charge is 0.295 e. The molecule has 8 nitrogen and oxygen atoms in total. The molecule has 0 unspecified atom stereocenters. The number of benzene rings is 2. The average molecular weight is 482 g/mol. The third-order valence-electron chi connectivity index (χ3n) is 6.34. The Labute approximate surface area is 199 Å². The van der Waals surface area contributed by atoms with Crippen LogP contribution < -0.4 is 5.56 Å². The summed E-state index contributed by atoms with van der Waals surface area (Å²) >= 11 is 0. The van der Waals surface area contributed by atoms with E-state index >= 15 is 0 Å². The van der Waals surface area contributed by atoms with E-state index in [1.807, 2.05) is 58.0 Å². The minimum atomic E-state index is -3.96. The number of aromatic amines is 1. The monoisotopic (exact) mass is 481 g/mol. The first-order valence-corrected chi connectivity index (χ1v) is 12.7. The van der Waals surface area contributed by atoms with Crippen LogP contribution in [0.4, 0.5) is 5.69 Å². The van der Waals surface area contributed by atoms with E-state index in [4.69, 9.17) is 4.28 Å². The molecular weight excluding hydrogens is 452 g/mol. The average Bonchev–Trinajstić information content (AvgIpc) is 3.39. The van der Waals surface area contributed by atoms with E-state index in [2.05, 4.69) is 10.1 Å². The van der Waals surface area contributed by atoms with Gasteiger partial charge in [-0.3, -0.25) is 14.9 Å². The van der Waals surface area contributed by atoms with Crippen molar-refractivity contribution in [1.29, 1.82) is 0 Å². The number of aromatic nitrogens is 2. The summed E-state index contributed by atoms with van der Waals surface area (Å²) in [5.41, 5.74) is 4.24. The van der Waals surface area contributed by atoms with E-state index in [9.17, 15) is 13.2 Å². The van der Waals surface area contributed by atoms with Gasteiger partial charge in [-0.2, -0.15) is 13.1 Å². The van der Waals surface area contributed by atoms with Crippen LogP contribution >= 0.6 is 0 Å². The van der Waals surface area contributed by atoms with E-state index in [0.29, 0.717) is 36.6 Å². The molecule has 2 heterocycles. The van der Waals surface area contributed by atoms with Crippen LogP contribution in [-0.2, 0) is 14.4 Å². The van der Waals surface area contributed by atoms with Crippen molar-refractivity contribution >= 4 is 33.7 Å². The van der Waals surface area contributed by atoms with Gasteiger partial charge in [-0.15, -0.1) is 0 Å². The number of rotatable bonds is 8. The summed E-state index contributed by atoms with van der Waals surface area (Å²) in [6.45, 7) is 9.13. The maximum absolute atomic E-state index is 13.2. The molecule has 0 saturated carbocycles. The Kier molecular flexibility index (Phi) is 6.44. The van der Waals surface area contributed by atoms with Crippen LogP contribution in [0.15, 0.2) is 63.2 Å². The number of hydrogen-bond donors (Lipinski definition) is 1. The predicted molar refractivity (Wildman–Crippen MR) is 134 cm³/mol. The minimum absolute atomic E-state index is 0.0177. The Morgan fingerprint density at radius 1 is 1.03 bits per heavy atom. The highest BCUT2D eigenvalue weighted by molar-refractivity contribution is 7.86. The van der Waals surface area contributed by atoms with Gasteiger partial charge in [0, 0.05) is 23.0 Å². The number of aliphatic imine (C=N–C) groups is 1. The Morgan fingerprint density at radius 3 is 2.32 bits per heavy atom. The van der Waals surface area contributed by atoms with Gasteiger partial charge in [-0.05, 0) is 64.1 Å². The number of aryl methyl sites for hydroxylation is 1. The normalized spacial score (nSPS) is 14.6. The number of nitrogens with one attached hydrogen (secondary N) is 1. The molecule has 0 spiro atoms. The van der Waals surface area contributed by atoms with Gasteiger partial charge in [-0.1, -0.05) is 22.5 Å². The van der Waals surface area contributed by atoms with Gasteiger partial charge in [-0.25, -0.2) is 4.68 Å². The maximum atomic E-state index is 13.2. The molecule has 1 N–H and O–H groups in total. The van der Waals surface area contributed by atoms with Crippen LogP contribution in [0.1, 0.15) is 37.6 Å². The Bertz CT molecular complexity index is 1420. The molecule has 0 saturated heterocycles. The summed E-state index contributed by atoms with van der Waals surface area (Å²) in [7, 11) is -3.96. The van der Waals surface area contributed by atoms with Gasteiger partial charge >= 0.3 is 10.1 Å². The molecule has 0 bridgehead atoms. The number of H-pyrrole nitrogens is 1. The van der Waals surface area contributed by atoms with Crippen LogP contribution in [0.5, 0.6) is 0 Å². The molecule has 0 amide bonds. The number of hydrogen-bond acceptors (Lipinski definition) is 5. The third-order valence-corrected chi connectivity index (χ3v) is 7.71. The van der Waals surface area contributed by atoms with Crippen molar-refractivity contribution in [3.63, 3.8) is 0 Å². The largest absolute Gasteiger partial charge is 0.342 e. The molecule has 0 fully saturated rings. The van der Waals surface area contributed by atoms with Crippen molar-refractivity contribution in [2.45, 2.75) is 32.6 Å². The first-order valence-electron chi connectivity index (χ1n) is 11.3. The maximum Gasteiger partial charge on any atom is 0.342 e. The molecule has 1 aliphatic heterocycles.